The second-order valence-electron chi connectivity index (χ2n) is 6.70. The highest BCUT2D eigenvalue weighted by atomic mass is 35.6. The SMILES string of the molecule is O=P(Oc1ccccc1C(Cl)(Cl)Cl)(Oc1ccccc1C(Cl)(Cl)Cl)Oc1ccccc1C(Cl)(Cl)Cl. The summed E-state index contributed by atoms with van der Waals surface area (Å²) < 4.78 is 25.4. The molecule has 0 aliphatic carbocycles. The maximum absolute atomic E-state index is 14.1. The van der Waals surface area contributed by atoms with Gasteiger partial charge >= 0.3 is 7.82 Å². The Morgan fingerprint density at radius 2 is 0.686 bits per heavy atom. The molecule has 0 heterocycles. The second kappa shape index (κ2) is 11.3. The maximum Gasteiger partial charge on any atom is 0.647 e. The first-order valence-corrected chi connectivity index (χ1v) is 14.1. The van der Waals surface area contributed by atoms with Crippen LogP contribution in [0.25, 0.3) is 0 Å². The Morgan fingerprint density at radius 1 is 0.457 bits per heavy atom. The molecule has 35 heavy (non-hydrogen) atoms. The van der Waals surface area contributed by atoms with Crippen molar-refractivity contribution >= 4 is 112 Å². The zero-order valence-corrected chi connectivity index (χ0v) is 24.6. The molecule has 0 radical (unpaired) electrons. The molecular weight excluding hydrogens is 666 g/mol. The lowest BCUT2D eigenvalue weighted by Crippen LogP contribution is -2.14. The van der Waals surface area contributed by atoms with Crippen molar-refractivity contribution in [2.45, 2.75) is 11.4 Å². The molecule has 14 heteroatoms. The van der Waals surface area contributed by atoms with E-state index >= 15 is 0 Å². The fourth-order valence-electron chi connectivity index (χ4n) is 2.76. The predicted molar refractivity (Wildman–Crippen MR) is 147 cm³/mol. The summed E-state index contributed by atoms with van der Waals surface area (Å²) in [6, 6.07) is 18.0. The van der Waals surface area contributed by atoms with Crippen LogP contribution in [0.15, 0.2) is 72.8 Å². The normalized spacial score (nSPS) is 12.8. The van der Waals surface area contributed by atoms with Gasteiger partial charge in [0.25, 0.3) is 0 Å². The van der Waals surface area contributed by atoms with Crippen molar-refractivity contribution in [2.24, 2.45) is 0 Å². The summed E-state index contributed by atoms with van der Waals surface area (Å²) in [6.07, 6.45) is 0. The summed E-state index contributed by atoms with van der Waals surface area (Å²) in [5, 5.41) is 0. The predicted octanol–water partition coefficient (Wildman–Crippen LogP) is 10.8. The molecule has 0 saturated carbocycles. The topological polar surface area (TPSA) is 44.8 Å². The third kappa shape index (κ3) is 7.94. The third-order valence-corrected chi connectivity index (χ3v) is 7.30. The minimum atomic E-state index is -4.70. The molecule has 0 aromatic heterocycles. The first-order chi connectivity index (χ1) is 16.1. The summed E-state index contributed by atoms with van der Waals surface area (Å²) >= 11 is 54.5. The van der Waals surface area contributed by atoms with Gasteiger partial charge in [-0.05, 0) is 18.2 Å². The van der Waals surface area contributed by atoms with Crippen molar-refractivity contribution in [1.29, 1.82) is 0 Å². The fraction of sp³-hybridized carbons (Fsp3) is 0.143. The average Bonchev–Trinajstić information content (AvgIpc) is 2.72. The van der Waals surface area contributed by atoms with Gasteiger partial charge in [-0.15, -0.1) is 0 Å². The molecule has 0 N–H and O–H groups in total. The van der Waals surface area contributed by atoms with Crippen molar-refractivity contribution in [3.05, 3.63) is 89.5 Å². The van der Waals surface area contributed by atoms with Crippen LogP contribution in [0.1, 0.15) is 16.7 Å². The Kier molecular flexibility index (Phi) is 9.54. The highest BCUT2D eigenvalue weighted by Gasteiger charge is 2.40. The van der Waals surface area contributed by atoms with Gasteiger partial charge in [0.05, 0.1) is 0 Å². The van der Waals surface area contributed by atoms with Crippen LogP contribution in [0, 0.1) is 0 Å². The van der Waals surface area contributed by atoms with E-state index in [1.807, 2.05) is 0 Å². The number of halogens is 9. The summed E-state index contributed by atoms with van der Waals surface area (Å²) in [5.74, 6) is -0.351. The molecule has 0 aliphatic heterocycles. The van der Waals surface area contributed by atoms with Crippen molar-refractivity contribution < 1.29 is 18.1 Å². The number of benzene rings is 3. The number of hydrogen-bond acceptors (Lipinski definition) is 4. The van der Waals surface area contributed by atoms with Crippen LogP contribution in [0.3, 0.4) is 0 Å². The lowest BCUT2D eigenvalue weighted by Gasteiger charge is -2.25. The summed E-state index contributed by atoms with van der Waals surface area (Å²) in [7, 11) is -4.70. The Morgan fingerprint density at radius 3 is 0.914 bits per heavy atom. The number of alkyl halides is 9. The molecule has 188 valence electrons. The molecule has 0 bridgehead atoms. The Labute approximate surface area is 246 Å². The van der Waals surface area contributed by atoms with Gasteiger partial charge in [0.2, 0.25) is 11.4 Å². The van der Waals surface area contributed by atoms with Crippen LogP contribution in [0.5, 0.6) is 17.2 Å². The number of hydrogen-bond donors (Lipinski definition) is 0. The van der Waals surface area contributed by atoms with Crippen LogP contribution in [0.2, 0.25) is 0 Å². The van der Waals surface area contributed by atoms with Crippen LogP contribution in [0.4, 0.5) is 0 Å². The standard InChI is InChI=1S/C21H12Cl9O4P/c22-19(23,24)13-7-1-4-10-16(13)32-35(31,33-17-11-5-2-8-14(17)20(25,26)27)34-18-12-6-3-9-15(18)21(28,29)30/h1-12H. The Bertz CT molecular complexity index is 1090. The second-order valence-corrected chi connectivity index (χ2v) is 15.0. The maximum atomic E-state index is 14.1. The van der Waals surface area contributed by atoms with Crippen molar-refractivity contribution in [3.8, 4) is 17.2 Å². The van der Waals surface area contributed by atoms with Gasteiger partial charge < -0.3 is 13.6 Å². The Balaban J connectivity index is 2.14. The van der Waals surface area contributed by atoms with E-state index in [0.29, 0.717) is 0 Å². The van der Waals surface area contributed by atoms with E-state index in [0.717, 1.165) is 0 Å². The number of phosphoric ester groups is 1. The fourth-order valence-corrected chi connectivity index (χ4v) is 5.48. The van der Waals surface area contributed by atoms with Crippen molar-refractivity contribution in [3.63, 3.8) is 0 Å². The van der Waals surface area contributed by atoms with Crippen LogP contribution >= 0.6 is 112 Å². The van der Waals surface area contributed by atoms with E-state index in [-0.39, 0.29) is 33.9 Å². The monoisotopic (exact) mass is 674 g/mol. The quantitative estimate of drug-likeness (QED) is 0.192. The van der Waals surface area contributed by atoms with Crippen molar-refractivity contribution in [2.75, 3.05) is 0 Å². The largest absolute Gasteiger partial charge is 0.647 e. The molecule has 4 nitrogen and oxygen atoms in total. The van der Waals surface area contributed by atoms with Gasteiger partial charge in [-0.25, -0.2) is 0 Å². The van der Waals surface area contributed by atoms with Crippen molar-refractivity contribution in [1.82, 2.24) is 0 Å². The number of para-hydroxylation sites is 3. The van der Waals surface area contributed by atoms with E-state index in [2.05, 4.69) is 0 Å². The summed E-state index contributed by atoms with van der Waals surface area (Å²) in [5.41, 5.74) is 0.172. The van der Waals surface area contributed by atoms with Crippen LogP contribution in [-0.2, 0) is 15.9 Å². The van der Waals surface area contributed by atoms with Gasteiger partial charge in [-0.1, -0.05) is 159 Å². The minimum Gasteiger partial charge on any atom is -0.385 e. The number of rotatable bonds is 6. The van der Waals surface area contributed by atoms with Gasteiger partial charge in [0.1, 0.15) is 17.2 Å². The minimum absolute atomic E-state index is 0.0572. The first-order valence-electron chi connectivity index (χ1n) is 9.28. The third-order valence-electron chi connectivity index (χ3n) is 4.21. The molecule has 0 saturated heterocycles. The molecule has 3 aromatic rings. The van der Waals surface area contributed by atoms with E-state index in [9.17, 15) is 4.57 Å². The van der Waals surface area contributed by atoms with Gasteiger partial charge in [-0.2, -0.15) is 4.57 Å². The highest BCUT2D eigenvalue weighted by molar-refractivity contribution is 7.49. The molecule has 0 fully saturated rings. The Hall–Kier alpha value is -0.100. The molecule has 0 amide bonds. The molecule has 3 rings (SSSR count). The molecular formula is C21H12Cl9O4P. The van der Waals surface area contributed by atoms with Crippen LogP contribution < -0.4 is 13.6 Å². The summed E-state index contributed by atoms with van der Waals surface area (Å²) in [6.45, 7) is 0. The lowest BCUT2D eigenvalue weighted by atomic mass is 10.2. The molecule has 0 spiro atoms. The molecule has 0 atom stereocenters. The van der Waals surface area contributed by atoms with Crippen LogP contribution in [-0.4, -0.2) is 0 Å². The van der Waals surface area contributed by atoms with E-state index < -0.39 is 19.2 Å². The van der Waals surface area contributed by atoms with E-state index in [4.69, 9.17) is 118 Å². The molecule has 0 aliphatic rings. The van der Waals surface area contributed by atoms with Gasteiger partial charge in [0.15, 0.2) is 0 Å². The zero-order valence-electron chi connectivity index (χ0n) is 16.9. The average molecular weight is 678 g/mol. The van der Waals surface area contributed by atoms with Gasteiger partial charge in [-0.3, -0.25) is 0 Å². The van der Waals surface area contributed by atoms with Gasteiger partial charge in [0, 0.05) is 16.7 Å². The van der Waals surface area contributed by atoms with E-state index in [1.54, 1.807) is 36.4 Å². The zero-order chi connectivity index (χ0) is 26.1. The smallest absolute Gasteiger partial charge is 0.385 e. The lowest BCUT2D eigenvalue weighted by molar-refractivity contribution is 0.295. The molecule has 3 aromatic carbocycles. The molecule has 0 unspecified atom stereocenters. The van der Waals surface area contributed by atoms with E-state index in [1.165, 1.54) is 36.4 Å². The summed E-state index contributed by atoms with van der Waals surface area (Å²) in [4.78, 5) is 0. The first kappa shape index (κ1) is 29.5. The highest BCUT2D eigenvalue weighted by Crippen LogP contribution is 2.56. The number of phosphoric acid groups is 1.